The Morgan fingerprint density at radius 3 is 2.26 bits per heavy atom. The fraction of sp³-hybridized carbons (Fsp3) is 0.355. The van der Waals surface area contributed by atoms with Crippen LogP contribution in [0.15, 0.2) is 71.6 Å². The van der Waals surface area contributed by atoms with Crippen LogP contribution in [-0.4, -0.2) is 51.6 Å². The van der Waals surface area contributed by atoms with Gasteiger partial charge in [-0.05, 0) is 79.1 Å². The van der Waals surface area contributed by atoms with E-state index in [-0.39, 0.29) is 41.8 Å². The zero-order chi connectivity index (χ0) is 29.6. The average molecular weight is 597 g/mol. The van der Waals surface area contributed by atoms with E-state index in [1.54, 1.807) is 4.90 Å². The van der Waals surface area contributed by atoms with Crippen LogP contribution in [0.4, 0.5) is 19.3 Å². The minimum Gasteiger partial charge on any atom is -0.465 e. The number of sulfonamides is 1. The second-order valence-corrected chi connectivity index (χ2v) is 12.9. The Balaban J connectivity index is 1.38. The summed E-state index contributed by atoms with van der Waals surface area (Å²) in [4.78, 5) is 26.9. The van der Waals surface area contributed by atoms with Gasteiger partial charge in [0.1, 0.15) is 18.2 Å². The van der Waals surface area contributed by atoms with Gasteiger partial charge in [0.25, 0.3) is 10.0 Å². The van der Waals surface area contributed by atoms with Crippen LogP contribution < -0.4 is 4.31 Å². The number of benzene rings is 3. The van der Waals surface area contributed by atoms with Crippen LogP contribution in [0.1, 0.15) is 47.2 Å². The van der Waals surface area contributed by atoms with Gasteiger partial charge in [0.05, 0.1) is 29.3 Å². The van der Waals surface area contributed by atoms with Gasteiger partial charge >= 0.3 is 12.1 Å². The summed E-state index contributed by atoms with van der Waals surface area (Å²) in [5.74, 6) is -2.34. The molecule has 1 atom stereocenters. The van der Waals surface area contributed by atoms with E-state index in [4.69, 9.17) is 9.47 Å². The van der Waals surface area contributed by atoms with Crippen molar-refractivity contribution in [2.75, 3.05) is 24.5 Å². The number of likely N-dealkylation sites (tertiary alicyclic amines) is 1. The van der Waals surface area contributed by atoms with E-state index < -0.39 is 45.2 Å². The summed E-state index contributed by atoms with van der Waals surface area (Å²) in [6.07, 6.45) is 1.85. The summed E-state index contributed by atoms with van der Waals surface area (Å²) < 4.78 is 69.0. The molecular formula is C31H30F2N2O6S. The minimum atomic E-state index is -4.24. The third-order valence-corrected chi connectivity index (χ3v) is 10.5. The lowest BCUT2D eigenvalue weighted by Crippen LogP contribution is -2.54. The quantitative estimate of drug-likeness (QED) is 0.354. The maximum absolute atomic E-state index is 15.3. The number of anilines is 1. The Kier molecular flexibility index (Phi) is 7.16. The number of esters is 1. The van der Waals surface area contributed by atoms with E-state index in [0.717, 1.165) is 43.7 Å². The molecule has 0 bridgehead atoms. The number of hydrogen-bond acceptors (Lipinski definition) is 6. The van der Waals surface area contributed by atoms with Crippen molar-refractivity contribution in [1.82, 2.24) is 4.90 Å². The molecule has 8 nitrogen and oxygen atoms in total. The standard InChI is InChI=1S/C31H30F2N2O6S/c1-40-29(36)24-17-25-27(18-26(24)33)35(42(38,39)23-11-9-22(32)10-12-23)28(21-7-8-21)31(25)13-15-34(16-14-31)30(37)41-19-20-5-3-2-4-6-20/h2-6,9-12,17-18,21,28H,7-8,13-16,19H2,1H3. The number of amides is 1. The zero-order valence-corrected chi connectivity index (χ0v) is 23.8. The molecule has 2 fully saturated rings. The number of methoxy groups -OCH3 is 1. The first-order valence-corrected chi connectivity index (χ1v) is 15.3. The van der Waals surface area contributed by atoms with Crippen LogP contribution in [0.2, 0.25) is 0 Å². The average Bonchev–Trinajstić information content (AvgIpc) is 3.80. The number of ether oxygens (including phenoxy) is 2. The van der Waals surface area contributed by atoms with Gasteiger partial charge in [0, 0.05) is 18.5 Å². The number of hydrogen-bond donors (Lipinski definition) is 0. The molecule has 6 rings (SSSR count). The molecule has 0 N–H and O–H groups in total. The van der Waals surface area contributed by atoms with Crippen molar-refractivity contribution in [1.29, 1.82) is 0 Å². The van der Waals surface area contributed by atoms with E-state index in [1.807, 2.05) is 30.3 Å². The molecule has 2 aliphatic heterocycles. The highest BCUT2D eigenvalue weighted by Crippen LogP contribution is 2.59. The molecule has 1 spiro atoms. The summed E-state index contributed by atoms with van der Waals surface area (Å²) in [6, 6.07) is 15.8. The summed E-state index contributed by atoms with van der Waals surface area (Å²) >= 11 is 0. The van der Waals surface area contributed by atoms with Crippen LogP contribution in [0.5, 0.6) is 0 Å². The van der Waals surface area contributed by atoms with E-state index in [9.17, 15) is 22.4 Å². The first-order valence-electron chi connectivity index (χ1n) is 13.8. The fourth-order valence-corrected chi connectivity index (χ4v) is 8.25. The number of carbonyl (C=O) groups is 2. The van der Waals surface area contributed by atoms with Crippen LogP contribution in [0.3, 0.4) is 0 Å². The zero-order valence-electron chi connectivity index (χ0n) is 23.0. The highest BCUT2D eigenvalue weighted by molar-refractivity contribution is 7.92. The molecule has 0 aromatic heterocycles. The summed E-state index contributed by atoms with van der Waals surface area (Å²) in [5.41, 5.74) is 0.467. The third-order valence-electron chi connectivity index (χ3n) is 8.64. The molecule has 0 radical (unpaired) electrons. The summed E-state index contributed by atoms with van der Waals surface area (Å²) in [6.45, 7) is 0.692. The van der Waals surface area contributed by atoms with Gasteiger partial charge in [-0.2, -0.15) is 0 Å². The van der Waals surface area contributed by atoms with Gasteiger partial charge in [-0.3, -0.25) is 4.31 Å². The molecule has 1 unspecified atom stereocenters. The smallest absolute Gasteiger partial charge is 0.410 e. The number of fused-ring (bicyclic) bond motifs is 2. The van der Waals surface area contributed by atoms with Crippen molar-refractivity contribution >= 4 is 27.8 Å². The molecule has 42 heavy (non-hydrogen) atoms. The van der Waals surface area contributed by atoms with Crippen LogP contribution >= 0.6 is 0 Å². The first-order chi connectivity index (χ1) is 20.2. The molecule has 1 saturated carbocycles. The maximum Gasteiger partial charge on any atom is 0.410 e. The lowest BCUT2D eigenvalue weighted by Gasteiger charge is -2.44. The van der Waals surface area contributed by atoms with E-state index in [0.29, 0.717) is 18.4 Å². The van der Waals surface area contributed by atoms with Gasteiger partial charge in [0.2, 0.25) is 0 Å². The highest BCUT2D eigenvalue weighted by atomic mass is 32.2. The Hall–Kier alpha value is -3.99. The van der Waals surface area contributed by atoms with E-state index >= 15 is 4.39 Å². The number of piperidine rings is 1. The molecular weight excluding hydrogens is 566 g/mol. The molecule has 3 aliphatic rings. The van der Waals surface area contributed by atoms with Gasteiger partial charge in [-0.1, -0.05) is 30.3 Å². The maximum atomic E-state index is 15.3. The molecule has 11 heteroatoms. The molecule has 3 aromatic carbocycles. The largest absolute Gasteiger partial charge is 0.465 e. The molecule has 1 amide bonds. The summed E-state index contributed by atoms with van der Waals surface area (Å²) in [5, 5.41) is 0. The molecule has 1 aliphatic carbocycles. The topological polar surface area (TPSA) is 93.2 Å². The van der Waals surface area contributed by atoms with Crippen molar-refractivity contribution in [3.63, 3.8) is 0 Å². The molecule has 1 saturated heterocycles. The van der Waals surface area contributed by atoms with Crippen molar-refractivity contribution in [3.8, 4) is 0 Å². The predicted octanol–water partition coefficient (Wildman–Crippen LogP) is 5.41. The minimum absolute atomic E-state index is 0.00570. The van der Waals surface area contributed by atoms with Gasteiger partial charge in [0.15, 0.2) is 0 Å². The fourth-order valence-electron chi connectivity index (χ4n) is 6.46. The Bertz CT molecular complexity index is 1620. The molecule has 2 heterocycles. The lowest BCUT2D eigenvalue weighted by molar-refractivity contribution is 0.0595. The van der Waals surface area contributed by atoms with Crippen molar-refractivity contribution < 1.29 is 36.3 Å². The normalized spacial score (nSPS) is 19.5. The predicted molar refractivity (Wildman–Crippen MR) is 149 cm³/mol. The van der Waals surface area contributed by atoms with Crippen LogP contribution in [0.25, 0.3) is 0 Å². The van der Waals surface area contributed by atoms with Gasteiger partial charge in [-0.15, -0.1) is 0 Å². The van der Waals surface area contributed by atoms with Gasteiger partial charge in [-0.25, -0.2) is 26.8 Å². The second kappa shape index (κ2) is 10.7. The van der Waals surface area contributed by atoms with E-state index in [2.05, 4.69) is 0 Å². The lowest BCUT2D eigenvalue weighted by atomic mass is 9.68. The van der Waals surface area contributed by atoms with Gasteiger partial charge < -0.3 is 14.4 Å². The molecule has 220 valence electrons. The number of halogens is 2. The Morgan fingerprint density at radius 1 is 0.976 bits per heavy atom. The van der Waals surface area contributed by atoms with Crippen molar-refractivity contribution in [3.05, 3.63) is 95.1 Å². The van der Waals surface area contributed by atoms with Crippen molar-refractivity contribution in [2.45, 2.75) is 48.6 Å². The Morgan fingerprint density at radius 2 is 1.64 bits per heavy atom. The highest BCUT2D eigenvalue weighted by Gasteiger charge is 2.60. The second-order valence-electron chi connectivity index (χ2n) is 11.1. The first kappa shape index (κ1) is 28.1. The monoisotopic (exact) mass is 596 g/mol. The molecule has 3 aromatic rings. The Labute approximate surface area is 242 Å². The third kappa shape index (κ3) is 4.79. The summed E-state index contributed by atoms with van der Waals surface area (Å²) in [7, 11) is -3.09. The SMILES string of the molecule is COC(=O)c1cc2c(cc1F)N(S(=O)(=O)c1ccc(F)cc1)C(C1CC1)C21CCN(C(=O)OCc2ccccc2)CC1. The van der Waals surface area contributed by atoms with Crippen LogP contribution in [0, 0.1) is 17.6 Å². The number of nitrogens with zero attached hydrogens (tertiary/aromatic N) is 2. The number of rotatable bonds is 6. The van der Waals surface area contributed by atoms with Crippen LogP contribution in [-0.2, 0) is 31.5 Å². The van der Waals surface area contributed by atoms with E-state index in [1.165, 1.54) is 22.5 Å². The van der Waals surface area contributed by atoms with Crippen molar-refractivity contribution in [2.24, 2.45) is 5.92 Å². The number of carbonyl (C=O) groups excluding carboxylic acids is 2.